The van der Waals surface area contributed by atoms with Crippen molar-refractivity contribution in [3.8, 4) is 11.4 Å². The number of aromatic nitrogens is 4. The summed E-state index contributed by atoms with van der Waals surface area (Å²) in [6.07, 6.45) is 3.30. The van der Waals surface area contributed by atoms with Gasteiger partial charge in [0.2, 0.25) is 5.95 Å². The minimum Gasteiger partial charge on any atom is -0.377 e. The van der Waals surface area contributed by atoms with Crippen molar-refractivity contribution in [3.05, 3.63) is 23.7 Å². The van der Waals surface area contributed by atoms with Crippen LogP contribution in [0.5, 0.6) is 0 Å². The van der Waals surface area contributed by atoms with Crippen LogP contribution in [-0.4, -0.2) is 45.7 Å². The summed E-state index contributed by atoms with van der Waals surface area (Å²) in [5.41, 5.74) is 7.86. The number of ether oxygens (including phenoxy) is 2. The van der Waals surface area contributed by atoms with Gasteiger partial charge in [0.15, 0.2) is 5.82 Å². The van der Waals surface area contributed by atoms with Crippen LogP contribution in [0.2, 0.25) is 0 Å². The van der Waals surface area contributed by atoms with Crippen LogP contribution in [0.25, 0.3) is 11.4 Å². The number of rotatable bonds is 2. The molecule has 1 atom stereocenters. The molecule has 132 valence electrons. The van der Waals surface area contributed by atoms with E-state index >= 15 is 0 Å². The van der Waals surface area contributed by atoms with E-state index in [2.05, 4.69) is 21.8 Å². The van der Waals surface area contributed by atoms with Crippen LogP contribution in [-0.2, 0) is 21.7 Å². The van der Waals surface area contributed by atoms with Gasteiger partial charge in [0, 0.05) is 24.5 Å². The van der Waals surface area contributed by atoms with Crippen molar-refractivity contribution in [3.63, 3.8) is 0 Å². The molecular weight excluding hydrogens is 320 g/mol. The number of nitrogen functional groups attached to an aromatic ring is 1. The maximum Gasteiger partial charge on any atom is 0.219 e. The first-order valence-corrected chi connectivity index (χ1v) is 8.43. The van der Waals surface area contributed by atoms with Gasteiger partial charge in [-0.3, -0.25) is 0 Å². The number of nitrogens with two attached hydrogens (primary N) is 1. The van der Waals surface area contributed by atoms with Gasteiger partial charge in [-0.05, 0) is 20.8 Å². The number of hydrogen-bond acceptors (Lipinski definition) is 8. The molecule has 2 aromatic heterocycles. The number of fused-ring (bicyclic) bond motifs is 1. The smallest absolute Gasteiger partial charge is 0.219 e. The van der Waals surface area contributed by atoms with Crippen LogP contribution in [0.3, 0.4) is 0 Å². The lowest BCUT2D eigenvalue weighted by atomic mass is 10.0. The summed E-state index contributed by atoms with van der Waals surface area (Å²) in [6.45, 7) is 8.88. The van der Waals surface area contributed by atoms with Gasteiger partial charge in [0.25, 0.3) is 0 Å². The van der Waals surface area contributed by atoms with Gasteiger partial charge < -0.3 is 20.1 Å². The fourth-order valence-electron chi connectivity index (χ4n) is 3.29. The lowest BCUT2D eigenvalue weighted by molar-refractivity contribution is -0.0100. The molecule has 0 amide bonds. The molecule has 0 aliphatic carbocycles. The Kier molecular flexibility index (Phi) is 3.81. The molecule has 2 aliphatic heterocycles. The highest BCUT2D eigenvalue weighted by Crippen LogP contribution is 2.40. The lowest BCUT2D eigenvalue weighted by Crippen LogP contribution is -2.44. The summed E-state index contributed by atoms with van der Waals surface area (Å²) in [5, 5.41) is 0. The van der Waals surface area contributed by atoms with Crippen LogP contribution >= 0.6 is 0 Å². The molecular formula is C17H22N6O2. The van der Waals surface area contributed by atoms with Crippen LogP contribution in [0.15, 0.2) is 12.4 Å². The normalized spacial score (nSPS) is 22.0. The maximum atomic E-state index is 5.98. The number of anilines is 2. The van der Waals surface area contributed by atoms with Crippen molar-refractivity contribution in [2.24, 2.45) is 0 Å². The molecule has 0 spiro atoms. The maximum absolute atomic E-state index is 5.98. The van der Waals surface area contributed by atoms with Gasteiger partial charge in [-0.25, -0.2) is 19.9 Å². The van der Waals surface area contributed by atoms with Crippen molar-refractivity contribution in [2.45, 2.75) is 39.0 Å². The molecule has 1 fully saturated rings. The molecule has 4 heterocycles. The zero-order valence-corrected chi connectivity index (χ0v) is 14.7. The molecule has 2 aliphatic rings. The largest absolute Gasteiger partial charge is 0.377 e. The molecule has 0 radical (unpaired) electrons. The Morgan fingerprint density at radius 2 is 2.00 bits per heavy atom. The fraction of sp³-hybridized carbons (Fsp3) is 0.529. The first-order chi connectivity index (χ1) is 12.0. The molecule has 2 aromatic rings. The van der Waals surface area contributed by atoms with E-state index in [-0.39, 0.29) is 12.0 Å². The Morgan fingerprint density at radius 1 is 1.24 bits per heavy atom. The van der Waals surface area contributed by atoms with Crippen molar-refractivity contribution < 1.29 is 9.47 Å². The second-order valence-corrected chi connectivity index (χ2v) is 6.94. The first kappa shape index (κ1) is 16.2. The van der Waals surface area contributed by atoms with Crippen LogP contribution < -0.4 is 10.6 Å². The number of morpholine rings is 1. The zero-order chi connectivity index (χ0) is 17.6. The van der Waals surface area contributed by atoms with Gasteiger partial charge in [0.1, 0.15) is 11.4 Å². The topological polar surface area (TPSA) is 99.3 Å². The summed E-state index contributed by atoms with van der Waals surface area (Å²) < 4.78 is 11.5. The second kappa shape index (κ2) is 5.89. The van der Waals surface area contributed by atoms with E-state index < -0.39 is 5.60 Å². The minimum atomic E-state index is -0.452. The Hall–Kier alpha value is -2.32. The number of hydrogen-bond donors (Lipinski definition) is 1. The summed E-state index contributed by atoms with van der Waals surface area (Å²) >= 11 is 0. The molecule has 25 heavy (non-hydrogen) atoms. The van der Waals surface area contributed by atoms with Gasteiger partial charge in [-0.1, -0.05) is 0 Å². The third-order valence-corrected chi connectivity index (χ3v) is 4.70. The molecule has 4 rings (SSSR count). The molecule has 0 saturated carbocycles. The Bertz CT molecular complexity index is 792. The standard InChI is InChI=1S/C17H22N6O2/c1-10-8-24-5-4-23(10)15-12-9-25-17(2,3)13(12)21-14(22-15)11-6-19-16(18)20-7-11/h6-7,10H,4-5,8-9H2,1-3H3,(H2,18,19,20). The van der Waals surface area contributed by atoms with Gasteiger partial charge in [-0.2, -0.15) is 0 Å². The molecule has 1 saturated heterocycles. The number of nitrogens with zero attached hydrogens (tertiary/aromatic N) is 5. The third kappa shape index (κ3) is 2.81. The molecule has 8 heteroatoms. The fourth-order valence-corrected chi connectivity index (χ4v) is 3.29. The molecule has 0 bridgehead atoms. The average molecular weight is 342 g/mol. The van der Waals surface area contributed by atoms with Crippen LogP contribution in [0, 0.1) is 0 Å². The van der Waals surface area contributed by atoms with E-state index in [9.17, 15) is 0 Å². The van der Waals surface area contributed by atoms with E-state index in [4.69, 9.17) is 25.2 Å². The van der Waals surface area contributed by atoms with Crippen molar-refractivity contribution in [1.82, 2.24) is 19.9 Å². The summed E-state index contributed by atoms with van der Waals surface area (Å²) in [6, 6.07) is 0.243. The van der Waals surface area contributed by atoms with E-state index in [1.54, 1.807) is 12.4 Å². The Labute approximate surface area is 146 Å². The minimum absolute atomic E-state index is 0.232. The SMILES string of the molecule is CC1COCCN1c1nc(-c2cnc(N)nc2)nc2c1COC2(C)C. The molecule has 0 aromatic carbocycles. The highest BCUT2D eigenvalue weighted by atomic mass is 16.5. The monoisotopic (exact) mass is 342 g/mol. The second-order valence-electron chi connectivity index (χ2n) is 6.94. The van der Waals surface area contributed by atoms with E-state index in [1.807, 2.05) is 13.8 Å². The van der Waals surface area contributed by atoms with Gasteiger partial charge in [0.05, 0.1) is 37.1 Å². The highest BCUT2D eigenvalue weighted by molar-refractivity contribution is 5.61. The Morgan fingerprint density at radius 3 is 2.72 bits per heavy atom. The van der Waals surface area contributed by atoms with Gasteiger partial charge in [-0.15, -0.1) is 0 Å². The predicted molar refractivity (Wildman–Crippen MR) is 92.9 cm³/mol. The highest BCUT2D eigenvalue weighted by Gasteiger charge is 2.38. The summed E-state index contributed by atoms with van der Waals surface area (Å²) in [4.78, 5) is 20.0. The van der Waals surface area contributed by atoms with Crippen molar-refractivity contribution in [1.29, 1.82) is 0 Å². The van der Waals surface area contributed by atoms with Gasteiger partial charge >= 0.3 is 0 Å². The average Bonchev–Trinajstić information content (AvgIpc) is 2.91. The first-order valence-electron chi connectivity index (χ1n) is 8.43. The molecule has 8 nitrogen and oxygen atoms in total. The quantitative estimate of drug-likeness (QED) is 0.877. The van der Waals surface area contributed by atoms with E-state index in [0.717, 1.165) is 29.2 Å². The molecule has 1 unspecified atom stereocenters. The van der Waals surface area contributed by atoms with Crippen molar-refractivity contribution >= 4 is 11.8 Å². The Balaban J connectivity index is 1.86. The summed E-state index contributed by atoms with van der Waals surface area (Å²) in [7, 11) is 0. The van der Waals surface area contributed by atoms with Crippen LogP contribution in [0.4, 0.5) is 11.8 Å². The third-order valence-electron chi connectivity index (χ3n) is 4.70. The zero-order valence-electron chi connectivity index (χ0n) is 14.7. The lowest BCUT2D eigenvalue weighted by Gasteiger charge is -2.35. The molecule has 2 N–H and O–H groups in total. The predicted octanol–water partition coefficient (Wildman–Crippen LogP) is 1.51. The van der Waals surface area contributed by atoms with Crippen molar-refractivity contribution in [2.75, 3.05) is 30.4 Å². The van der Waals surface area contributed by atoms with E-state index in [1.165, 1.54) is 0 Å². The van der Waals surface area contributed by atoms with Crippen LogP contribution in [0.1, 0.15) is 32.0 Å². The summed E-state index contributed by atoms with van der Waals surface area (Å²) in [5.74, 6) is 1.74. The van der Waals surface area contributed by atoms with E-state index in [0.29, 0.717) is 25.6 Å².